The number of ether oxygens (including phenoxy) is 3. The van der Waals surface area contributed by atoms with E-state index in [1.54, 1.807) is 24.4 Å². The van der Waals surface area contributed by atoms with Crippen LogP contribution in [0.3, 0.4) is 0 Å². The number of hydrogen-bond acceptors (Lipinski definition) is 10. The van der Waals surface area contributed by atoms with Gasteiger partial charge in [-0.25, -0.2) is 4.79 Å². The van der Waals surface area contributed by atoms with Crippen molar-refractivity contribution in [1.82, 2.24) is 19.9 Å². The fraction of sp³-hybridized carbons (Fsp3) is 0.394. The third kappa shape index (κ3) is 7.14. The van der Waals surface area contributed by atoms with Crippen molar-refractivity contribution in [3.8, 4) is 26.4 Å². The van der Waals surface area contributed by atoms with Crippen LogP contribution in [0.5, 0.6) is 5.75 Å². The van der Waals surface area contributed by atoms with Crippen LogP contribution >= 0.6 is 15.8 Å². The first-order valence-corrected chi connectivity index (χ1v) is 26.7. The van der Waals surface area contributed by atoms with Crippen molar-refractivity contribution in [3.63, 3.8) is 0 Å². The van der Waals surface area contributed by atoms with Gasteiger partial charge >= 0.3 is 235 Å². The van der Waals surface area contributed by atoms with Crippen molar-refractivity contribution in [1.29, 1.82) is 0 Å². The van der Waals surface area contributed by atoms with E-state index < -0.39 is 40.3 Å². The summed E-state index contributed by atoms with van der Waals surface area (Å²) >= 11 is 4.86. The SMILES string of the molecule is COCOc1cc(-c2ncc3c(N4CC5CCC(C4)N5C(=O)OC(C)(C)C)nc(SC)nc3c2F)c2c(C#[C][Tl]=[P+]=S)c(F)ccc2c1. The molecule has 9 nitrogen and oxygen atoms in total. The van der Waals surface area contributed by atoms with Crippen molar-refractivity contribution in [2.45, 2.75) is 56.5 Å². The molecule has 4 heterocycles. The number of pyridine rings is 1. The van der Waals surface area contributed by atoms with Crippen molar-refractivity contribution in [3.05, 3.63) is 47.7 Å². The number of amides is 1. The number of thioether (sulfide) groups is 1. The number of anilines is 1. The molecular formula is C33H32F2N5O4PS2Tl+. The molecule has 6 rings (SSSR count). The molecule has 2 aromatic carbocycles. The molecule has 2 aliphatic rings. The van der Waals surface area contributed by atoms with Crippen molar-refractivity contribution >= 4 is 84.3 Å². The topological polar surface area (TPSA) is 89.9 Å². The Kier molecular flexibility index (Phi) is 10.8. The molecule has 246 valence electrons. The van der Waals surface area contributed by atoms with E-state index in [0.29, 0.717) is 51.5 Å². The zero-order valence-electron chi connectivity index (χ0n) is 27.0. The summed E-state index contributed by atoms with van der Waals surface area (Å²) < 4.78 is 52.8. The molecule has 2 bridgehead atoms. The predicted molar refractivity (Wildman–Crippen MR) is 188 cm³/mol. The van der Waals surface area contributed by atoms with Crippen LogP contribution in [-0.2, 0) is 21.3 Å². The summed E-state index contributed by atoms with van der Waals surface area (Å²) in [5.41, 5.74) is -0.0259. The summed E-state index contributed by atoms with van der Waals surface area (Å²) in [6.45, 7) is 6.57. The number of benzene rings is 2. The van der Waals surface area contributed by atoms with Gasteiger partial charge in [0.2, 0.25) is 0 Å². The van der Waals surface area contributed by atoms with Crippen LogP contribution in [0, 0.1) is 21.0 Å². The van der Waals surface area contributed by atoms with Gasteiger partial charge in [0.1, 0.15) is 5.60 Å². The molecule has 2 unspecified atom stereocenters. The number of piperazine rings is 1. The number of aromatic nitrogens is 3. The number of carbonyl (C=O) groups is 1. The summed E-state index contributed by atoms with van der Waals surface area (Å²) in [4.78, 5) is 31.1. The van der Waals surface area contributed by atoms with Gasteiger partial charge in [-0.1, -0.05) is 0 Å². The number of carbonyl (C=O) groups excluding carboxylic acids is 1. The first kappa shape index (κ1) is 35.2. The van der Waals surface area contributed by atoms with Gasteiger partial charge in [0, 0.05) is 0 Å². The molecule has 0 radical (unpaired) electrons. The fourth-order valence-electron chi connectivity index (χ4n) is 6.29. The average molecular weight is 900 g/mol. The summed E-state index contributed by atoms with van der Waals surface area (Å²) in [5, 5.41) is 1.88. The van der Waals surface area contributed by atoms with Gasteiger partial charge in [-0.2, -0.15) is 0 Å². The zero-order valence-corrected chi connectivity index (χ0v) is 34.1. The maximum atomic E-state index is 16.9. The quantitative estimate of drug-likeness (QED) is 0.0518. The number of nitrogens with zero attached hydrogens (tertiary/aromatic N) is 5. The van der Waals surface area contributed by atoms with E-state index >= 15 is 8.78 Å². The van der Waals surface area contributed by atoms with Gasteiger partial charge in [0.05, 0.1) is 12.1 Å². The molecule has 15 heteroatoms. The molecule has 2 atom stereocenters. The normalized spacial score (nSPS) is 17.2. The first-order chi connectivity index (χ1) is 23.0. The Morgan fingerprint density at radius 2 is 1.94 bits per heavy atom. The Hall–Kier alpha value is -2.64. The average Bonchev–Trinajstić information content (AvgIpc) is 3.33. The molecule has 0 saturated carbocycles. The van der Waals surface area contributed by atoms with E-state index in [1.165, 1.54) is 24.9 Å². The summed E-state index contributed by atoms with van der Waals surface area (Å²) in [6, 6.07) is 6.19. The van der Waals surface area contributed by atoms with Gasteiger partial charge in [-0.3, -0.25) is 4.90 Å². The van der Waals surface area contributed by atoms with Crippen LogP contribution < -0.4 is 9.64 Å². The Labute approximate surface area is 298 Å². The van der Waals surface area contributed by atoms with Crippen LogP contribution in [0.25, 0.3) is 32.9 Å². The van der Waals surface area contributed by atoms with Crippen LogP contribution in [0.15, 0.2) is 35.6 Å². The third-order valence-electron chi connectivity index (χ3n) is 8.17. The Morgan fingerprint density at radius 3 is 2.60 bits per heavy atom. The van der Waals surface area contributed by atoms with Gasteiger partial charge in [0.25, 0.3) is 0 Å². The fourth-order valence-corrected chi connectivity index (χ4v) is 10.1. The second-order valence-electron chi connectivity index (χ2n) is 12.4. The second-order valence-corrected chi connectivity index (χ2v) is 25.8. The van der Waals surface area contributed by atoms with E-state index in [4.69, 9.17) is 31.0 Å². The Morgan fingerprint density at radius 1 is 1.19 bits per heavy atom. The molecule has 0 spiro atoms. The second kappa shape index (κ2) is 14.7. The van der Waals surface area contributed by atoms with Crippen molar-refractivity contribution < 1.29 is 27.8 Å². The molecule has 4 aromatic rings. The Bertz CT molecular complexity index is 2040. The number of rotatable bonds is 6. The van der Waals surface area contributed by atoms with E-state index in [1.807, 2.05) is 31.9 Å². The molecular weight excluding hydrogens is 868 g/mol. The van der Waals surface area contributed by atoms with Gasteiger partial charge in [-0.15, -0.1) is 0 Å². The summed E-state index contributed by atoms with van der Waals surface area (Å²) in [7, 11) is 1.50. The molecule has 0 N–H and O–H groups in total. The zero-order chi connectivity index (χ0) is 34.2. The Balaban J connectivity index is 1.48. The molecule has 2 aliphatic heterocycles. The molecule has 2 fully saturated rings. The van der Waals surface area contributed by atoms with E-state index in [0.717, 1.165) is 16.8 Å². The first-order valence-electron chi connectivity index (χ1n) is 15.2. The number of methoxy groups -OCH3 is 1. The molecule has 0 aliphatic carbocycles. The van der Waals surface area contributed by atoms with E-state index in [2.05, 4.69) is 24.3 Å². The maximum absolute atomic E-state index is 16.9. The van der Waals surface area contributed by atoms with Crippen LogP contribution in [0.4, 0.5) is 19.4 Å². The third-order valence-corrected chi connectivity index (χ3v) is 15.0. The van der Waals surface area contributed by atoms with Crippen molar-refractivity contribution in [2.24, 2.45) is 0 Å². The van der Waals surface area contributed by atoms with Gasteiger partial charge in [0.15, 0.2) is 0 Å². The number of hydrogen-bond donors (Lipinski definition) is 0. The predicted octanol–water partition coefficient (Wildman–Crippen LogP) is 6.75. The molecule has 1 amide bonds. The molecule has 2 aromatic heterocycles. The van der Waals surface area contributed by atoms with Crippen LogP contribution in [0.2, 0.25) is 0 Å². The summed E-state index contributed by atoms with van der Waals surface area (Å²) in [5.74, 6) is 2.78. The van der Waals surface area contributed by atoms with Gasteiger partial charge < -0.3 is 4.74 Å². The molecule has 48 heavy (non-hydrogen) atoms. The molecule has 2 saturated heterocycles. The number of fused-ring (bicyclic) bond motifs is 4. The van der Waals surface area contributed by atoms with E-state index in [9.17, 15) is 4.79 Å². The van der Waals surface area contributed by atoms with Crippen LogP contribution in [0.1, 0.15) is 39.2 Å². The minimum absolute atomic E-state index is 0.0136. The van der Waals surface area contributed by atoms with Crippen molar-refractivity contribution in [2.75, 3.05) is 38.1 Å². The van der Waals surface area contributed by atoms with Crippen LogP contribution in [-0.4, -0.2) is 100.0 Å². The van der Waals surface area contributed by atoms with Gasteiger partial charge in [-0.05, 0) is 33.6 Å². The summed E-state index contributed by atoms with van der Waals surface area (Å²) in [6.07, 6.45) is 4.76. The minimum atomic E-state index is -1.54. The monoisotopic (exact) mass is 900 g/mol. The number of halogens is 2. The standard InChI is InChI=1S/C33H32F2N5O4S.PS.Tl/c1-7-22-25(34)11-8-18-12-21(43-17-42-5)13-23(26(18)22)28-27(35)29-24(14-36-28)30(38-31(37-29)45-6)39-15-19-9-10-20(16-39)40(19)32(41)44-33(2,3)4;1-2;/h8,11-14,19-20H,9-10,15-17H2,2-6H3;;/q;-1;+2. The van der Waals surface area contributed by atoms with E-state index in [-0.39, 0.29) is 41.7 Å².